The van der Waals surface area contributed by atoms with Gasteiger partial charge in [-0.2, -0.15) is 0 Å². The molecule has 2 aliphatic heterocycles. The van der Waals surface area contributed by atoms with E-state index in [1.807, 2.05) is 13.0 Å². The summed E-state index contributed by atoms with van der Waals surface area (Å²) < 4.78 is 0.293. The number of anilines is 1. The number of hydrogen-bond acceptors (Lipinski definition) is 5. The van der Waals surface area contributed by atoms with Crippen molar-refractivity contribution in [2.75, 3.05) is 18.0 Å². The highest BCUT2D eigenvalue weighted by atomic mass is 32.2. The standard InChI is InChI=1S/C21H26N2O3S2/c1-6-23-16-7-12(2)14(8-15(16)13(3)10-21(23,4)5)9-17-19(26)22(11-18(24)25)20(27)28-17/h7-9,13H,6,10-11H2,1-5H3,(H,24,25)/b17-9-. The van der Waals surface area contributed by atoms with E-state index in [1.165, 1.54) is 23.0 Å². The van der Waals surface area contributed by atoms with Gasteiger partial charge in [-0.25, -0.2) is 0 Å². The highest BCUT2D eigenvalue weighted by Crippen LogP contribution is 2.44. The minimum absolute atomic E-state index is 0.106. The molecule has 1 unspecified atom stereocenters. The number of aryl methyl sites for hydroxylation is 1. The molecule has 1 aromatic carbocycles. The van der Waals surface area contributed by atoms with Crippen LogP contribution >= 0.6 is 24.0 Å². The van der Waals surface area contributed by atoms with Gasteiger partial charge in [-0.3, -0.25) is 14.5 Å². The monoisotopic (exact) mass is 418 g/mol. The minimum atomic E-state index is -1.07. The van der Waals surface area contributed by atoms with Crippen LogP contribution in [0.15, 0.2) is 17.0 Å². The highest BCUT2D eigenvalue weighted by Gasteiger charge is 2.36. The van der Waals surface area contributed by atoms with Crippen molar-refractivity contribution in [2.45, 2.75) is 52.5 Å². The van der Waals surface area contributed by atoms with E-state index in [2.05, 4.69) is 44.7 Å². The number of amides is 1. The van der Waals surface area contributed by atoms with E-state index in [0.717, 1.165) is 29.0 Å². The van der Waals surface area contributed by atoms with Crippen LogP contribution in [0, 0.1) is 6.92 Å². The number of hydrogen-bond donors (Lipinski definition) is 1. The number of thiocarbonyl (C=S) groups is 1. The van der Waals surface area contributed by atoms with E-state index < -0.39 is 12.5 Å². The summed E-state index contributed by atoms with van der Waals surface area (Å²) in [6.45, 7) is 11.6. The van der Waals surface area contributed by atoms with Gasteiger partial charge in [-0.1, -0.05) is 30.9 Å². The Bertz CT molecular complexity index is 892. The maximum Gasteiger partial charge on any atom is 0.323 e. The number of thioether (sulfide) groups is 1. The van der Waals surface area contributed by atoms with Crippen molar-refractivity contribution in [3.05, 3.63) is 33.7 Å². The van der Waals surface area contributed by atoms with Crippen LogP contribution in [-0.4, -0.2) is 44.8 Å². The second-order valence-electron chi connectivity index (χ2n) is 8.09. The second-order valence-corrected chi connectivity index (χ2v) is 9.77. The number of benzene rings is 1. The molecule has 5 nitrogen and oxygen atoms in total. The predicted octanol–water partition coefficient (Wildman–Crippen LogP) is 4.39. The van der Waals surface area contributed by atoms with Crippen molar-refractivity contribution in [1.82, 2.24) is 4.90 Å². The summed E-state index contributed by atoms with van der Waals surface area (Å²) in [5, 5.41) is 8.99. The van der Waals surface area contributed by atoms with Crippen LogP contribution in [0.4, 0.5) is 5.69 Å². The molecule has 0 saturated carbocycles. The lowest BCUT2D eigenvalue weighted by Crippen LogP contribution is -2.48. The molecule has 2 heterocycles. The first-order chi connectivity index (χ1) is 13.0. The van der Waals surface area contributed by atoms with E-state index in [1.54, 1.807) is 0 Å². The van der Waals surface area contributed by atoms with Gasteiger partial charge in [-0.15, -0.1) is 0 Å². The zero-order chi connectivity index (χ0) is 20.8. The molecule has 1 atom stereocenters. The summed E-state index contributed by atoms with van der Waals surface area (Å²) in [6.07, 6.45) is 2.91. The van der Waals surface area contributed by atoms with Gasteiger partial charge >= 0.3 is 5.97 Å². The minimum Gasteiger partial charge on any atom is -0.480 e. The van der Waals surface area contributed by atoms with Crippen molar-refractivity contribution >= 4 is 51.9 Å². The fourth-order valence-electron chi connectivity index (χ4n) is 4.32. The largest absolute Gasteiger partial charge is 0.480 e. The summed E-state index contributed by atoms with van der Waals surface area (Å²) in [4.78, 5) is 27.6. The van der Waals surface area contributed by atoms with Gasteiger partial charge in [0.1, 0.15) is 10.9 Å². The summed E-state index contributed by atoms with van der Waals surface area (Å²) in [6, 6.07) is 4.39. The maximum absolute atomic E-state index is 12.6. The van der Waals surface area contributed by atoms with Gasteiger partial charge in [0.2, 0.25) is 0 Å². The van der Waals surface area contributed by atoms with Gasteiger partial charge < -0.3 is 10.0 Å². The fraction of sp³-hybridized carbons (Fsp3) is 0.476. The second kappa shape index (κ2) is 7.52. The molecular formula is C21H26N2O3S2. The number of carbonyl (C=O) groups is 2. The summed E-state index contributed by atoms with van der Waals surface area (Å²) in [5.74, 6) is -0.987. The molecule has 1 aromatic rings. The van der Waals surface area contributed by atoms with Crippen molar-refractivity contribution in [3.63, 3.8) is 0 Å². The highest BCUT2D eigenvalue weighted by molar-refractivity contribution is 8.26. The molecule has 1 fully saturated rings. The van der Waals surface area contributed by atoms with Crippen LogP contribution in [0.2, 0.25) is 0 Å². The molecule has 7 heteroatoms. The molecular weight excluding hydrogens is 392 g/mol. The number of aliphatic carboxylic acids is 1. The Labute approximate surface area is 175 Å². The van der Waals surface area contributed by atoms with Crippen LogP contribution in [0.3, 0.4) is 0 Å². The zero-order valence-electron chi connectivity index (χ0n) is 16.9. The Balaban J connectivity index is 2.01. The van der Waals surface area contributed by atoms with Crippen LogP contribution in [0.1, 0.15) is 56.7 Å². The van der Waals surface area contributed by atoms with Gasteiger partial charge in [0.15, 0.2) is 0 Å². The Hall–Kier alpha value is -1.86. The number of carboxylic acid groups (broad SMARTS) is 1. The molecule has 28 heavy (non-hydrogen) atoms. The number of fused-ring (bicyclic) bond motifs is 1. The lowest BCUT2D eigenvalue weighted by atomic mass is 9.79. The first-order valence-corrected chi connectivity index (χ1v) is 10.7. The van der Waals surface area contributed by atoms with Crippen molar-refractivity contribution in [1.29, 1.82) is 0 Å². The maximum atomic E-state index is 12.6. The van der Waals surface area contributed by atoms with Gasteiger partial charge in [0.05, 0.1) is 4.91 Å². The van der Waals surface area contributed by atoms with Crippen molar-refractivity contribution in [2.24, 2.45) is 0 Å². The lowest BCUT2D eigenvalue weighted by molar-refractivity contribution is -0.140. The van der Waals surface area contributed by atoms with Crippen molar-refractivity contribution in [3.8, 4) is 0 Å². The number of rotatable bonds is 4. The third kappa shape index (κ3) is 3.70. The van der Waals surface area contributed by atoms with Gasteiger partial charge in [0, 0.05) is 17.8 Å². The summed E-state index contributed by atoms with van der Waals surface area (Å²) in [5.41, 5.74) is 4.73. The average Bonchev–Trinajstić information content (AvgIpc) is 2.83. The van der Waals surface area contributed by atoms with Crippen LogP contribution in [0.25, 0.3) is 6.08 Å². The molecule has 3 rings (SSSR count). The fourth-order valence-corrected chi connectivity index (χ4v) is 5.56. The third-order valence-electron chi connectivity index (χ3n) is 5.54. The van der Waals surface area contributed by atoms with Gasteiger partial charge in [0.25, 0.3) is 5.91 Å². The average molecular weight is 419 g/mol. The van der Waals surface area contributed by atoms with Crippen molar-refractivity contribution < 1.29 is 14.7 Å². The quantitative estimate of drug-likeness (QED) is 0.578. The predicted molar refractivity (Wildman–Crippen MR) is 119 cm³/mol. The Morgan fingerprint density at radius 2 is 2.11 bits per heavy atom. The molecule has 0 bridgehead atoms. The summed E-state index contributed by atoms with van der Waals surface area (Å²) >= 11 is 6.36. The van der Waals surface area contributed by atoms with Gasteiger partial charge in [-0.05, 0) is 74.9 Å². The Morgan fingerprint density at radius 1 is 1.43 bits per heavy atom. The third-order valence-corrected chi connectivity index (χ3v) is 6.92. The molecule has 0 radical (unpaired) electrons. The topological polar surface area (TPSA) is 60.9 Å². The SMILES string of the molecule is CCN1c2cc(C)c(/C=C3\SC(=S)N(CC(=O)O)C3=O)cc2C(C)CC1(C)C. The molecule has 150 valence electrons. The first-order valence-electron chi connectivity index (χ1n) is 9.44. The normalized spacial score (nSPS) is 22.8. The van der Waals surface area contributed by atoms with E-state index in [4.69, 9.17) is 17.3 Å². The van der Waals surface area contributed by atoms with E-state index >= 15 is 0 Å². The molecule has 1 amide bonds. The number of carbonyl (C=O) groups excluding carboxylic acids is 1. The van der Waals surface area contributed by atoms with Crippen LogP contribution in [-0.2, 0) is 9.59 Å². The van der Waals surface area contributed by atoms with Crippen LogP contribution in [0.5, 0.6) is 0 Å². The van der Waals surface area contributed by atoms with E-state index in [-0.39, 0.29) is 11.4 Å². The summed E-state index contributed by atoms with van der Waals surface area (Å²) in [7, 11) is 0. The smallest absolute Gasteiger partial charge is 0.323 e. The molecule has 1 saturated heterocycles. The Morgan fingerprint density at radius 3 is 2.71 bits per heavy atom. The first kappa shape index (κ1) is 20.9. The molecule has 0 aromatic heterocycles. The van der Waals surface area contributed by atoms with E-state index in [9.17, 15) is 9.59 Å². The number of nitrogens with zero attached hydrogens (tertiary/aromatic N) is 2. The molecule has 2 aliphatic rings. The molecule has 0 aliphatic carbocycles. The lowest BCUT2D eigenvalue weighted by Gasteiger charge is -2.47. The Kier molecular flexibility index (Phi) is 5.60. The zero-order valence-corrected chi connectivity index (χ0v) is 18.5. The number of carboxylic acids is 1. The van der Waals surface area contributed by atoms with E-state index in [0.29, 0.717) is 15.1 Å². The molecule has 1 N–H and O–H groups in total. The molecule has 0 spiro atoms. The van der Waals surface area contributed by atoms with Crippen LogP contribution < -0.4 is 4.90 Å².